The third kappa shape index (κ3) is 2.48. The van der Waals surface area contributed by atoms with Gasteiger partial charge in [-0.25, -0.2) is 9.97 Å². The molecule has 0 unspecified atom stereocenters. The number of fused-ring (bicyclic) bond motifs is 2. The van der Waals surface area contributed by atoms with E-state index in [4.69, 9.17) is 11.6 Å². The summed E-state index contributed by atoms with van der Waals surface area (Å²) in [5.74, 6) is 0.640. The van der Waals surface area contributed by atoms with Gasteiger partial charge in [0.05, 0.1) is 28.3 Å². The Kier molecular flexibility index (Phi) is 3.32. The second-order valence-corrected chi connectivity index (χ2v) is 6.00. The largest absolute Gasteiger partial charge is 0.385 e. The van der Waals surface area contributed by atoms with Crippen molar-refractivity contribution in [3.05, 3.63) is 65.3 Å². The third-order valence-electron chi connectivity index (χ3n) is 3.84. The lowest BCUT2D eigenvalue weighted by molar-refractivity contribution is 0.185. The lowest BCUT2D eigenvalue weighted by Crippen LogP contribution is -2.08. The Hall–Kier alpha value is -2.37. The molecule has 0 aliphatic heterocycles. The van der Waals surface area contributed by atoms with E-state index in [0.29, 0.717) is 17.4 Å². The van der Waals surface area contributed by atoms with Crippen LogP contribution in [0.25, 0.3) is 16.7 Å². The number of hydrogen-bond donors (Lipinski definition) is 1. The average molecular weight is 327 g/mol. The molecule has 1 N–H and O–H groups in total. The summed E-state index contributed by atoms with van der Waals surface area (Å²) in [6, 6.07) is 11.6. The summed E-state index contributed by atoms with van der Waals surface area (Å²) in [6.45, 7) is 2.27. The van der Waals surface area contributed by atoms with Gasteiger partial charge in [-0.3, -0.25) is 0 Å². The van der Waals surface area contributed by atoms with Crippen LogP contribution in [0.1, 0.15) is 24.5 Å². The molecule has 23 heavy (non-hydrogen) atoms. The smallest absolute Gasteiger partial charge is 0.138 e. The van der Waals surface area contributed by atoms with Gasteiger partial charge in [0.2, 0.25) is 0 Å². The van der Waals surface area contributed by atoms with Gasteiger partial charge in [-0.2, -0.15) is 0 Å². The molecule has 6 heteroatoms. The van der Waals surface area contributed by atoms with E-state index in [0.717, 1.165) is 22.4 Å². The van der Waals surface area contributed by atoms with Crippen LogP contribution in [0.2, 0.25) is 5.02 Å². The van der Waals surface area contributed by atoms with Gasteiger partial charge in [-0.1, -0.05) is 23.7 Å². The van der Waals surface area contributed by atoms with E-state index < -0.39 is 6.10 Å². The molecule has 0 saturated carbocycles. The van der Waals surface area contributed by atoms with Gasteiger partial charge < -0.3 is 14.1 Å². The number of imidazole rings is 2. The number of pyridine rings is 1. The molecule has 3 aromatic heterocycles. The fourth-order valence-corrected chi connectivity index (χ4v) is 3.00. The summed E-state index contributed by atoms with van der Waals surface area (Å²) in [7, 11) is 0. The van der Waals surface area contributed by atoms with Crippen molar-refractivity contribution in [3.63, 3.8) is 0 Å². The molecule has 0 radical (unpaired) electrons. The van der Waals surface area contributed by atoms with E-state index in [9.17, 15) is 5.11 Å². The van der Waals surface area contributed by atoms with E-state index in [1.807, 2.05) is 57.8 Å². The maximum atomic E-state index is 10.0. The molecule has 116 valence electrons. The highest BCUT2D eigenvalue weighted by Gasteiger charge is 2.15. The number of rotatable bonds is 3. The number of nitrogens with zero attached hydrogens (tertiary/aromatic N) is 4. The number of benzene rings is 1. The first-order valence-electron chi connectivity index (χ1n) is 7.38. The molecular formula is C17H15ClN4O. The van der Waals surface area contributed by atoms with Gasteiger partial charge in [-0.15, -0.1) is 0 Å². The van der Waals surface area contributed by atoms with Gasteiger partial charge in [0, 0.05) is 12.4 Å². The van der Waals surface area contributed by atoms with Crippen LogP contribution in [0.4, 0.5) is 0 Å². The summed E-state index contributed by atoms with van der Waals surface area (Å²) in [4.78, 5) is 9.14. The quantitative estimate of drug-likeness (QED) is 0.627. The van der Waals surface area contributed by atoms with E-state index in [2.05, 4.69) is 9.97 Å². The van der Waals surface area contributed by atoms with E-state index >= 15 is 0 Å². The van der Waals surface area contributed by atoms with Crippen LogP contribution in [-0.2, 0) is 6.54 Å². The van der Waals surface area contributed by atoms with Gasteiger partial charge in [0.25, 0.3) is 0 Å². The number of hydrogen-bond acceptors (Lipinski definition) is 3. The maximum Gasteiger partial charge on any atom is 0.138 e. The predicted molar refractivity (Wildman–Crippen MR) is 89.7 cm³/mol. The Balaban J connectivity index is 1.83. The molecule has 0 saturated heterocycles. The molecule has 1 atom stereocenters. The van der Waals surface area contributed by atoms with E-state index in [1.54, 1.807) is 6.92 Å². The van der Waals surface area contributed by atoms with Crippen molar-refractivity contribution in [2.75, 3.05) is 0 Å². The monoisotopic (exact) mass is 326 g/mol. The Labute approximate surface area is 137 Å². The summed E-state index contributed by atoms with van der Waals surface area (Å²) in [5, 5.41) is 10.7. The highest BCUT2D eigenvalue weighted by molar-refractivity contribution is 6.30. The highest BCUT2D eigenvalue weighted by Crippen LogP contribution is 2.22. The predicted octanol–water partition coefficient (Wildman–Crippen LogP) is 3.44. The SMILES string of the molecule is C[C@@H](O)c1nc2ccccc2n1Cc1cn2cc(Cl)ccc2n1. The maximum absolute atomic E-state index is 10.0. The normalized spacial score (nSPS) is 13.0. The third-order valence-corrected chi connectivity index (χ3v) is 4.07. The molecule has 4 rings (SSSR count). The van der Waals surface area contributed by atoms with Crippen molar-refractivity contribution in [2.24, 2.45) is 0 Å². The average Bonchev–Trinajstić information content (AvgIpc) is 3.08. The van der Waals surface area contributed by atoms with Crippen molar-refractivity contribution in [2.45, 2.75) is 19.6 Å². The molecule has 0 bridgehead atoms. The Morgan fingerprint density at radius 1 is 1.13 bits per heavy atom. The number of halogens is 1. The fraction of sp³-hybridized carbons (Fsp3) is 0.176. The van der Waals surface area contributed by atoms with Crippen LogP contribution in [0.15, 0.2) is 48.8 Å². The minimum Gasteiger partial charge on any atom is -0.385 e. The highest BCUT2D eigenvalue weighted by atomic mass is 35.5. The van der Waals surface area contributed by atoms with E-state index in [-0.39, 0.29) is 0 Å². The Morgan fingerprint density at radius 2 is 1.96 bits per heavy atom. The molecule has 1 aromatic carbocycles. The van der Waals surface area contributed by atoms with Crippen LogP contribution >= 0.6 is 11.6 Å². The Morgan fingerprint density at radius 3 is 2.78 bits per heavy atom. The number of aromatic nitrogens is 4. The van der Waals surface area contributed by atoms with Gasteiger partial charge in [-0.05, 0) is 31.2 Å². The van der Waals surface area contributed by atoms with Gasteiger partial charge >= 0.3 is 0 Å². The molecule has 5 nitrogen and oxygen atoms in total. The minimum atomic E-state index is -0.645. The second kappa shape index (κ2) is 5.37. The lowest BCUT2D eigenvalue weighted by Gasteiger charge is -2.09. The molecule has 4 aromatic rings. The summed E-state index contributed by atoms with van der Waals surface area (Å²) >= 11 is 6.02. The second-order valence-electron chi connectivity index (χ2n) is 5.57. The minimum absolute atomic E-state index is 0.542. The molecule has 0 aliphatic carbocycles. The van der Waals surface area contributed by atoms with Crippen molar-refractivity contribution in [1.29, 1.82) is 0 Å². The standard InChI is InChI=1S/C17H15ClN4O/c1-11(23)17-20-14-4-2-3-5-15(14)22(17)10-13-9-21-8-12(18)6-7-16(21)19-13/h2-9,11,23H,10H2,1H3/t11-/m1/s1. The Bertz CT molecular complexity index is 1000. The van der Waals surface area contributed by atoms with Crippen LogP contribution < -0.4 is 0 Å². The zero-order chi connectivity index (χ0) is 16.0. The summed E-state index contributed by atoms with van der Waals surface area (Å²) in [6.07, 6.45) is 3.13. The van der Waals surface area contributed by atoms with Crippen molar-refractivity contribution < 1.29 is 5.11 Å². The summed E-state index contributed by atoms with van der Waals surface area (Å²) < 4.78 is 3.90. The number of aliphatic hydroxyl groups is 1. The zero-order valence-electron chi connectivity index (χ0n) is 12.5. The van der Waals surface area contributed by atoms with Crippen LogP contribution in [0.3, 0.4) is 0 Å². The first kappa shape index (κ1) is 14.2. The first-order valence-corrected chi connectivity index (χ1v) is 7.76. The first-order chi connectivity index (χ1) is 11.1. The molecule has 3 heterocycles. The molecular weight excluding hydrogens is 312 g/mol. The van der Waals surface area contributed by atoms with Crippen molar-refractivity contribution in [3.8, 4) is 0 Å². The molecule has 0 amide bonds. The summed E-state index contributed by atoms with van der Waals surface area (Å²) in [5.41, 5.74) is 3.58. The molecule has 0 spiro atoms. The topological polar surface area (TPSA) is 55.4 Å². The van der Waals surface area contributed by atoms with Crippen molar-refractivity contribution in [1.82, 2.24) is 18.9 Å². The number of para-hydroxylation sites is 2. The molecule has 0 aliphatic rings. The van der Waals surface area contributed by atoms with Crippen LogP contribution in [0, 0.1) is 0 Å². The van der Waals surface area contributed by atoms with Crippen LogP contribution in [0.5, 0.6) is 0 Å². The van der Waals surface area contributed by atoms with Crippen LogP contribution in [-0.4, -0.2) is 24.0 Å². The van der Waals surface area contributed by atoms with Crippen molar-refractivity contribution >= 4 is 28.3 Å². The van der Waals surface area contributed by atoms with E-state index in [1.165, 1.54) is 0 Å². The van der Waals surface area contributed by atoms with Gasteiger partial charge in [0.15, 0.2) is 0 Å². The van der Waals surface area contributed by atoms with Gasteiger partial charge in [0.1, 0.15) is 17.6 Å². The molecule has 0 fully saturated rings. The zero-order valence-corrected chi connectivity index (χ0v) is 13.3. The number of aliphatic hydroxyl groups excluding tert-OH is 1. The lowest BCUT2D eigenvalue weighted by atomic mass is 10.3. The fourth-order valence-electron chi connectivity index (χ4n) is 2.83.